The molecule has 92 valence electrons. The van der Waals surface area contributed by atoms with Crippen LogP contribution in [-0.4, -0.2) is 18.0 Å². The maximum atomic E-state index is 11.3. The second kappa shape index (κ2) is 5.18. The third kappa shape index (κ3) is 2.57. The Hall–Kier alpha value is -2.56. The van der Waals surface area contributed by atoms with Gasteiger partial charge in [0, 0.05) is 24.1 Å². The fraction of sp³-hybridized carbons (Fsp3) is 0.0769. The van der Waals surface area contributed by atoms with Gasteiger partial charge in [0.25, 0.3) is 5.91 Å². The van der Waals surface area contributed by atoms with Crippen molar-refractivity contribution in [3.63, 3.8) is 0 Å². The van der Waals surface area contributed by atoms with Gasteiger partial charge >= 0.3 is 0 Å². The summed E-state index contributed by atoms with van der Waals surface area (Å²) in [5.74, 6) is 0.211. The maximum absolute atomic E-state index is 11.3. The van der Waals surface area contributed by atoms with E-state index in [0.717, 1.165) is 11.4 Å². The fourth-order valence-electron chi connectivity index (χ4n) is 1.56. The van der Waals surface area contributed by atoms with E-state index in [1.165, 1.54) is 6.20 Å². The van der Waals surface area contributed by atoms with Gasteiger partial charge in [-0.1, -0.05) is 6.07 Å². The number of rotatable bonds is 4. The molecule has 5 heteroatoms. The quantitative estimate of drug-likeness (QED) is 0.860. The minimum Gasteiger partial charge on any atom is -0.497 e. The molecule has 2 aromatic rings. The van der Waals surface area contributed by atoms with Gasteiger partial charge in [0.15, 0.2) is 0 Å². The highest BCUT2D eigenvalue weighted by molar-refractivity contribution is 5.98. The van der Waals surface area contributed by atoms with Crippen LogP contribution < -0.4 is 15.8 Å². The molecule has 0 spiro atoms. The monoisotopic (exact) mass is 243 g/mol. The highest BCUT2D eigenvalue weighted by Gasteiger charge is 2.08. The molecule has 5 nitrogen and oxygen atoms in total. The second-order valence-corrected chi connectivity index (χ2v) is 3.64. The lowest BCUT2D eigenvalue weighted by atomic mass is 10.2. The van der Waals surface area contributed by atoms with Crippen molar-refractivity contribution in [2.45, 2.75) is 0 Å². The van der Waals surface area contributed by atoms with E-state index in [1.54, 1.807) is 19.4 Å². The Morgan fingerprint density at radius 2 is 2.22 bits per heavy atom. The van der Waals surface area contributed by atoms with E-state index in [4.69, 9.17) is 10.5 Å². The number of nitrogens with one attached hydrogen (secondary N) is 1. The molecule has 1 amide bonds. The number of nitrogens with two attached hydrogens (primary N) is 1. The van der Waals surface area contributed by atoms with Gasteiger partial charge < -0.3 is 15.8 Å². The van der Waals surface area contributed by atoms with Crippen LogP contribution in [0.1, 0.15) is 10.4 Å². The van der Waals surface area contributed by atoms with Crippen LogP contribution in [0.3, 0.4) is 0 Å². The van der Waals surface area contributed by atoms with E-state index in [1.807, 2.05) is 24.3 Å². The molecule has 1 aromatic heterocycles. The second-order valence-electron chi connectivity index (χ2n) is 3.64. The molecule has 0 unspecified atom stereocenters. The van der Waals surface area contributed by atoms with Crippen molar-refractivity contribution in [1.82, 2.24) is 4.98 Å². The van der Waals surface area contributed by atoms with E-state index in [9.17, 15) is 4.79 Å². The lowest BCUT2D eigenvalue weighted by Gasteiger charge is -2.10. The number of benzene rings is 1. The SMILES string of the molecule is COc1cccc(Nc2ccncc2C(N)=O)c1. The molecule has 0 fully saturated rings. The van der Waals surface area contributed by atoms with Gasteiger partial charge in [-0.05, 0) is 18.2 Å². The van der Waals surface area contributed by atoms with Crippen LogP contribution in [0, 0.1) is 0 Å². The van der Waals surface area contributed by atoms with Gasteiger partial charge in [-0.15, -0.1) is 0 Å². The van der Waals surface area contributed by atoms with Crippen LogP contribution in [-0.2, 0) is 0 Å². The average molecular weight is 243 g/mol. The van der Waals surface area contributed by atoms with Gasteiger partial charge in [-0.3, -0.25) is 9.78 Å². The van der Waals surface area contributed by atoms with Crippen molar-refractivity contribution in [3.8, 4) is 5.75 Å². The zero-order valence-electron chi connectivity index (χ0n) is 9.88. The number of carbonyl (C=O) groups is 1. The summed E-state index contributed by atoms with van der Waals surface area (Å²) in [6, 6.07) is 9.08. The molecule has 1 heterocycles. The first-order valence-electron chi connectivity index (χ1n) is 5.35. The Labute approximate surface area is 105 Å². The van der Waals surface area contributed by atoms with Crippen LogP contribution in [0.5, 0.6) is 5.75 Å². The molecule has 18 heavy (non-hydrogen) atoms. The Morgan fingerprint density at radius 3 is 2.94 bits per heavy atom. The molecular weight excluding hydrogens is 230 g/mol. The number of amides is 1. The first-order valence-corrected chi connectivity index (χ1v) is 5.35. The summed E-state index contributed by atoms with van der Waals surface area (Å²) in [5, 5.41) is 3.11. The predicted octanol–water partition coefficient (Wildman–Crippen LogP) is 1.93. The van der Waals surface area contributed by atoms with Crippen molar-refractivity contribution in [2.24, 2.45) is 5.73 Å². The Morgan fingerprint density at radius 1 is 1.39 bits per heavy atom. The first-order chi connectivity index (χ1) is 8.70. The highest BCUT2D eigenvalue weighted by atomic mass is 16.5. The minimum atomic E-state index is -0.520. The van der Waals surface area contributed by atoms with Crippen LogP contribution in [0.15, 0.2) is 42.7 Å². The number of nitrogens with zero attached hydrogens (tertiary/aromatic N) is 1. The molecule has 2 rings (SSSR count). The summed E-state index contributed by atoms with van der Waals surface area (Å²) in [6.45, 7) is 0. The molecule has 0 aliphatic heterocycles. The molecule has 0 atom stereocenters. The number of hydrogen-bond acceptors (Lipinski definition) is 4. The smallest absolute Gasteiger partial charge is 0.252 e. The van der Waals surface area contributed by atoms with Crippen LogP contribution in [0.4, 0.5) is 11.4 Å². The van der Waals surface area contributed by atoms with Crippen LogP contribution in [0.25, 0.3) is 0 Å². The van der Waals surface area contributed by atoms with Gasteiger partial charge in [0.2, 0.25) is 0 Å². The Bertz CT molecular complexity index is 570. The standard InChI is InChI=1S/C13H13N3O2/c1-18-10-4-2-3-9(7-10)16-12-5-6-15-8-11(12)13(14)17/h2-8H,1H3,(H2,14,17)(H,15,16). The third-order valence-corrected chi connectivity index (χ3v) is 2.44. The number of anilines is 2. The zero-order valence-corrected chi connectivity index (χ0v) is 9.88. The number of aromatic nitrogens is 1. The molecule has 0 saturated carbocycles. The van der Waals surface area contributed by atoms with E-state index >= 15 is 0 Å². The van der Waals surface area contributed by atoms with E-state index in [2.05, 4.69) is 10.3 Å². The van der Waals surface area contributed by atoms with Crippen molar-refractivity contribution in [1.29, 1.82) is 0 Å². The van der Waals surface area contributed by atoms with Crippen LogP contribution >= 0.6 is 0 Å². The van der Waals surface area contributed by atoms with Gasteiger partial charge in [0.05, 0.1) is 18.4 Å². The predicted molar refractivity (Wildman–Crippen MR) is 69.0 cm³/mol. The molecular formula is C13H13N3O2. The van der Waals surface area contributed by atoms with Crippen molar-refractivity contribution < 1.29 is 9.53 Å². The molecule has 0 aliphatic rings. The largest absolute Gasteiger partial charge is 0.497 e. The topological polar surface area (TPSA) is 77.2 Å². The van der Waals surface area contributed by atoms with E-state index in [0.29, 0.717) is 11.3 Å². The third-order valence-electron chi connectivity index (χ3n) is 2.44. The minimum absolute atomic E-state index is 0.348. The summed E-state index contributed by atoms with van der Waals surface area (Å²) >= 11 is 0. The summed E-state index contributed by atoms with van der Waals surface area (Å²) in [5.41, 5.74) is 7.05. The summed E-state index contributed by atoms with van der Waals surface area (Å²) in [4.78, 5) is 15.1. The Balaban J connectivity index is 2.31. The van der Waals surface area contributed by atoms with Crippen LogP contribution in [0.2, 0.25) is 0 Å². The number of pyridine rings is 1. The number of methoxy groups -OCH3 is 1. The molecule has 0 bridgehead atoms. The summed E-state index contributed by atoms with van der Waals surface area (Å²) in [6.07, 6.45) is 3.03. The number of primary amides is 1. The molecule has 0 aliphatic carbocycles. The maximum Gasteiger partial charge on any atom is 0.252 e. The summed E-state index contributed by atoms with van der Waals surface area (Å²) in [7, 11) is 1.60. The fourth-order valence-corrected chi connectivity index (χ4v) is 1.56. The van der Waals surface area contributed by atoms with Gasteiger partial charge in [-0.25, -0.2) is 0 Å². The Kier molecular flexibility index (Phi) is 3.43. The average Bonchev–Trinajstić information content (AvgIpc) is 2.39. The molecule has 0 radical (unpaired) electrons. The van der Waals surface area contributed by atoms with Crippen molar-refractivity contribution in [2.75, 3.05) is 12.4 Å². The van der Waals surface area contributed by atoms with E-state index in [-0.39, 0.29) is 0 Å². The molecule has 1 aromatic carbocycles. The molecule has 3 N–H and O–H groups in total. The lowest BCUT2D eigenvalue weighted by Crippen LogP contribution is -2.13. The normalized spacial score (nSPS) is 9.83. The first kappa shape index (κ1) is 11.9. The zero-order chi connectivity index (χ0) is 13.0. The number of ether oxygens (including phenoxy) is 1. The number of carbonyl (C=O) groups excluding carboxylic acids is 1. The summed E-state index contributed by atoms with van der Waals surface area (Å²) < 4.78 is 5.13. The van der Waals surface area contributed by atoms with Gasteiger partial charge in [-0.2, -0.15) is 0 Å². The van der Waals surface area contributed by atoms with Crippen molar-refractivity contribution >= 4 is 17.3 Å². The highest BCUT2D eigenvalue weighted by Crippen LogP contribution is 2.23. The van der Waals surface area contributed by atoms with Crippen molar-refractivity contribution in [3.05, 3.63) is 48.3 Å². The number of hydrogen-bond donors (Lipinski definition) is 2. The van der Waals surface area contributed by atoms with Gasteiger partial charge in [0.1, 0.15) is 5.75 Å². The lowest BCUT2D eigenvalue weighted by molar-refractivity contribution is 0.100. The van der Waals surface area contributed by atoms with E-state index < -0.39 is 5.91 Å². The molecule has 0 saturated heterocycles.